The number of nitrogens with zero attached hydrogens (tertiary/aromatic N) is 4. The van der Waals surface area contributed by atoms with E-state index < -0.39 is 17.4 Å². The van der Waals surface area contributed by atoms with Crippen molar-refractivity contribution in [3.05, 3.63) is 80.5 Å². The van der Waals surface area contributed by atoms with E-state index in [0.717, 1.165) is 24.2 Å². The zero-order valence-corrected chi connectivity index (χ0v) is 21.7. The summed E-state index contributed by atoms with van der Waals surface area (Å²) in [6.07, 6.45) is 2.46. The van der Waals surface area contributed by atoms with Crippen LogP contribution in [0.2, 0.25) is 0 Å². The number of aliphatic hydroxyl groups is 1. The molecule has 200 valence electrons. The van der Waals surface area contributed by atoms with Crippen LogP contribution in [0.4, 0.5) is 5.95 Å². The van der Waals surface area contributed by atoms with Gasteiger partial charge in [0.05, 0.1) is 19.4 Å². The van der Waals surface area contributed by atoms with E-state index in [1.165, 1.54) is 21.7 Å². The van der Waals surface area contributed by atoms with E-state index in [9.17, 15) is 14.7 Å². The number of ether oxygens (including phenoxy) is 2. The van der Waals surface area contributed by atoms with Crippen LogP contribution in [0.5, 0.6) is 11.5 Å². The normalized spacial score (nSPS) is 12.2. The predicted molar refractivity (Wildman–Crippen MR) is 146 cm³/mol. The molecule has 0 bridgehead atoms. The number of hydrogen-bond acceptors (Lipinski definition) is 8. The van der Waals surface area contributed by atoms with E-state index in [1.54, 1.807) is 6.21 Å². The lowest BCUT2D eigenvalue weighted by Gasteiger charge is -2.15. The molecule has 4 rings (SSSR count). The van der Waals surface area contributed by atoms with Crippen LogP contribution in [0.25, 0.3) is 11.2 Å². The number of imidazole rings is 1. The van der Waals surface area contributed by atoms with Gasteiger partial charge >= 0.3 is 5.69 Å². The Morgan fingerprint density at radius 1 is 1.08 bits per heavy atom. The van der Waals surface area contributed by atoms with Gasteiger partial charge in [0.15, 0.2) is 11.2 Å². The molecule has 4 aromatic rings. The second-order valence-corrected chi connectivity index (χ2v) is 8.79. The summed E-state index contributed by atoms with van der Waals surface area (Å²) in [6, 6.07) is 15.1. The second-order valence-electron chi connectivity index (χ2n) is 8.79. The molecule has 0 aliphatic heterocycles. The van der Waals surface area contributed by atoms with Crippen molar-refractivity contribution >= 4 is 23.3 Å². The molecule has 0 amide bonds. The van der Waals surface area contributed by atoms with Gasteiger partial charge in [-0.05, 0) is 60.4 Å². The molecule has 0 spiro atoms. The van der Waals surface area contributed by atoms with Gasteiger partial charge in [-0.3, -0.25) is 14.3 Å². The summed E-state index contributed by atoms with van der Waals surface area (Å²) < 4.78 is 14.0. The number of fused-ring (bicyclic) bond motifs is 1. The van der Waals surface area contributed by atoms with Crippen LogP contribution in [-0.2, 0) is 20.0 Å². The summed E-state index contributed by atoms with van der Waals surface area (Å²) in [5.74, 6) is 1.60. The first kappa shape index (κ1) is 26.7. The number of benzene rings is 2. The molecule has 38 heavy (non-hydrogen) atoms. The number of anilines is 1. The third kappa shape index (κ3) is 6.30. The Hall–Kier alpha value is -4.38. The van der Waals surface area contributed by atoms with Gasteiger partial charge in [-0.15, -0.1) is 0 Å². The highest BCUT2D eigenvalue weighted by Gasteiger charge is 2.20. The fourth-order valence-electron chi connectivity index (χ4n) is 3.81. The van der Waals surface area contributed by atoms with Crippen molar-refractivity contribution in [2.45, 2.75) is 39.3 Å². The van der Waals surface area contributed by atoms with Crippen molar-refractivity contribution in [3.63, 3.8) is 0 Å². The van der Waals surface area contributed by atoms with Crippen LogP contribution in [0.3, 0.4) is 0 Å². The molecule has 0 aliphatic carbocycles. The maximum Gasteiger partial charge on any atom is 0.329 e. The quantitative estimate of drug-likeness (QED) is 0.193. The van der Waals surface area contributed by atoms with Crippen LogP contribution < -0.4 is 26.1 Å². The van der Waals surface area contributed by atoms with Crippen molar-refractivity contribution < 1.29 is 14.6 Å². The van der Waals surface area contributed by atoms with Gasteiger partial charge < -0.3 is 19.1 Å². The summed E-state index contributed by atoms with van der Waals surface area (Å²) >= 11 is 0. The number of hydrazone groups is 1. The topological polar surface area (TPSA) is 136 Å². The average Bonchev–Trinajstić information content (AvgIpc) is 3.29. The van der Waals surface area contributed by atoms with Gasteiger partial charge in [0.2, 0.25) is 5.95 Å². The highest BCUT2D eigenvalue weighted by molar-refractivity contribution is 5.80. The van der Waals surface area contributed by atoms with Crippen molar-refractivity contribution in [1.29, 1.82) is 0 Å². The Balaban J connectivity index is 1.54. The first-order valence-electron chi connectivity index (χ1n) is 12.5. The molecule has 3 N–H and O–H groups in total. The molecule has 11 heteroatoms. The van der Waals surface area contributed by atoms with E-state index >= 15 is 0 Å². The Labute approximate surface area is 219 Å². The number of H-pyrrole nitrogens is 1. The van der Waals surface area contributed by atoms with Gasteiger partial charge in [-0.25, -0.2) is 10.2 Å². The summed E-state index contributed by atoms with van der Waals surface area (Å²) in [5, 5.41) is 15.0. The number of aryl methyl sites for hydroxylation is 2. The lowest BCUT2D eigenvalue weighted by Crippen LogP contribution is -2.30. The van der Waals surface area contributed by atoms with Crippen LogP contribution in [0.15, 0.2) is 63.2 Å². The third-order valence-electron chi connectivity index (χ3n) is 5.91. The van der Waals surface area contributed by atoms with Gasteiger partial charge in [0.25, 0.3) is 5.56 Å². The number of rotatable bonds is 12. The lowest BCUT2D eigenvalue weighted by atomic mass is 10.2. The third-order valence-corrected chi connectivity index (χ3v) is 5.91. The first-order valence-corrected chi connectivity index (χ1v) is 12.5. The standard InChI is InChI=1S/C27H32N6O5/c1-4-14-37-21-12-8-19(9-13-21)15-28-31-26-29-24-23(25(35)30-27(36)32(24)3)33(26)16-20(34)17-38-22-10-6-18(5-2)7-11-22/h6-13,15,20,34H,4-5,14,16-17H2,1-3H3,(H,29,31)(H,30,35,36)/b28-15+. The van der Waals surface area contributed by atoms with E-state index in [0.29, 0.717) is 12.4 Å². The summed E-state index contributed by atoms with van der Waals surface area (Å²) in [6.45, 7) is 4.73. The Morgan fingerprint density at radius 3 is 2.45 bits per heavy atom. The predicted octanol–water partition coefficient (Wildman–Crippen LogP) is 2.66. The number of aliphatic hydroxyl groups excluding tert-OH is 1. The molecule has 1 atom stereocenters. The largest absolute Gasteiger partial charge is 0.494 e. The molecule has 0 fully saturated rings. The molecule has 0 saturated heterocycles. The van der Waals surface area contributed by atoms with Crippen LogP contribution in [0.1, 0.15) is 31.4 Å². The van der Waals surface area contributed by atoms with Gasteiger partial charge in [-0.1, -0.05) is 26.0 Å². The first-order chi connectivity index (χ1) is 18.4. The van der Waals surface area contributed by atoms with E-state index in [-0.39, 0.29) is 30.3 Å². The summed E-state index contributed by atoms with van der Waals surface area (Å²) in [7, 11) is 1.51. The molecule has 1 unspecified atom stereocenters. The molecule has 0 aliphatic rings. The van der Waals surface area contributed by atoms with E-state index in [1.807, 2.05) is 55.5 Å². The average molecular weight is 521 g/mol. The highest BCUT2D eigenvalue weighted by Crippen LogP contribution is 2.18. The number of aromatic amines is 1. The Kier molecular flexibility index (Phi) is 8.59. The molecule has 2 aromatic heterocycles. The van der Waals surface area contributed by atoms with Crippen molar-refractivity contribution in [2.24, 2.45) is 12.1 Å². The Bertz CT molecular complexity index is 1500. The van der Waals surface area contributed by atoms with Gasteiger partial charge in [-0.2, -0.15) is 10.1 Å². The van der Waals surface area contributed by atoms with Crippen LogP contribution in [0, 0.1) is 0 Å². The maximum atomic E-state index is 12.7. The fraction of sp³-hybridized carbons (Fsp3) is 0.333. The second kappa shape index (κ2) is 12.2. The van der Waals surface area contributed by atoms with Crippen LogP contribution in [-0.4, -0.2) is 49.7 Å². The highest BCUT2D eigenvalue weighted by atomic mass is 16.5. The summed E-state index contributed by atoms with van der Waals surface area (Å²) in [5.41, 5.74) is 3.93. The molecular formula is C27H32N6O5. The monoisotopic (exact) mass is 520 g/mol. The zero-order chi connectivity index (χ0) is 27.1. The van der Waals surface area contributed by atoms with Crippen molar-refractivity contribution in [3.8, 4) is 11.5 Å². The van der Waals surface area contributed by atoms with Gasteiger partial charge in [0, 0.05) is 7.05 Å². The minimum absolute atomic E-state index is 0.00995. The molecule has 0 saturated carbocycles. The van der Waals surface area contributed by atoms with Gasteiger partial charge in [0.1, 0.15) is 24.2 Å². The number of hydrogen-bond donors (Lipinski definition) is 3. The minimum atomic E-state index is -0.977. The number of nitrogens with one attached hydrogen (secondary N) is 2. The Morgan fingerprint density at radius 2 is 1.76 bits per heavy atom. The zero-order valence-electron chi connectivity index (χ0n) is 21.7. The lowest BCUT2D eigenvalue weighted by molar-refractivity contribution is 0.0938. The molecule has 0 radical (unpaired) electrons. The maximum absolute atomic E-state index is 12.7. The minimum Gasteiger partial charge on any atom is -0.494 e. The van der Waals surface area contributed by atoms with Crippen molar-refractivity contribution in [1.82, 2.24) is 19.1 Å². The van der Waals surface area contributed by atoms with Crippen LogP contribution >= 0.6 is 0 Å². The SMILES string of the molecule is CCCOc1ccc(/C=N/Nc2nc3c(c(=O)[nH]c(=O)n3C)n2CC(O)COc2ccc(CC)cc2)cc1. The molecule has 2 aromatic carbocycles. The van der Waals surface area contributed by atoms with Crippen molar-refractivity contribution in [2.75, 3.05) is 18.6 Å². The summed E-state index contributed by atoms with van der Waals surface area (Å²) in [4.78, 5) is 31.5. The molecule has 11 nitrogen and oxygen atoms in total. The fourth-order valence-corrected chi connectivity index (χ4v) is 3.81. The molecule has 2 heterocycles. The van der Waals surface area contributed by atoms with E-state index in [4.69, 9.17) is 9.47 Å². The molecular weight excluding hydrogens is 488 g/mol. The smallest absolute Gasteiger partial charge is 0.329 e. The number of aromatic nitrogens is 4. The van der Waals surface area contributed by atoms with E-state index in [2.05, 4.69) is 27.4 Å².